The van der Waals surface area contributed by atoms with Crippen LogP contribution < -0.4 is 10.6 Å². The zero-order valence-electron chi connectivity index (χ0n) is 11.3. The van der Waals surface area contributed by atoms with Gasteiger partial charge in [-0.1, -0.05) is 41.4 Å². The Hall–Kier alpha value is -1.49. The van der Waals surface area contributed by atoms with Crippen LogP contribution in [0.3, 0.4) is 0 Å². The van der Waals surface area contributed by atoms with Gasteiger partial charge in [0.2, 0.25) is 0 Å². The van der Waals surface area contributed by atoms with Crippen molar-refractivity contribution in [3.63, 3.8) is 0 Å². The second-order valence-corrected chi connectivity index (χ2v) is 5.88. The third kappa shape index (κ3) is 2.55. The van der Waals surface area contributed by atoms with Gasteiger partial charge in [0.15, 0.2) is 0 Å². The molecule has 0 fully saturated rings. The van der Waals surface area contributed by atoms with Gasteiger partial charge in [0.05, 0.1) is 5.02 Å². The van der Waals surface area contributed by atoms with Crippen LogP contribution in [-0.2, 0) is 0 Å². The highest BCUT2D eigenvalue weighted by Crippen LogP contribution is 2.38. The number of carbonyl (C=O) groups is 1. The van der Waals surface area contributed by atoms with Gasteiger partial charge in [-0.05, 0) is 30.7 Å². The molecule has 1 aliphatic heterocycles. The Morgan fingerprint density at radius 2 is 2.14 bits per heavy atom. The smallest absolute Gasteiger partial charge is 0.274 e. The first kappa shape index (κ1) is 14.4. The number of hydrogen-bond acceptors (Lipinski definition) is 2. The number of aromatic amines is 1. The van der Waals surface area contributed by atoms with E-state index in [1.807, 2.05) is 18.2 Å². The monoisotopic (exact) mass is 323 g/mol. The summed E-state index contributed by atoms with van der Waals surface area (Å²) in [6, 6.07) is 9.48. The van der Waals surface area contributed by atoms with Crippen LogP contribution in [0.4, 0.5) is 5.69 Å². The van der Waals surface area contributed by atoms with E-state index in [-0.39, 0.29) is 17.0 Å². The summed E-state index contributed by atoms with van der Waals surface area (Å²) in [5.41, 5.74) is 8.17. The molecule has 1 aromatic carbocycles. The molecule has 0 saturated heterocycles. The molecule has 21 heavy (non-hydrogen) atoms. The van der Waals surface area contributed by atoms with Gasteiger partial charge in [-0.2, -0.15) is 0 Å². The molecule has 110 valence electrons. The van der Waals surface area contributed by atoms with Crippen molar-refractivity contribution >= 4 is 34.8 Å². The summed E-state index contributed by atoms with van der Waals surface area (Å²) in [7, 11) is 0. The number of hydrogen-bond donors (Lipinski definition) is 2. The molecule has 0 radical (unpaired) electrons. The number of H-pyrrole nitrogens is 1. The van der Waals surface area contributed by atoms with E-state index in [0.29, 0.717) is 23.8 Å². The number of nitrogens with two attached hydrogens (primary N) is 1. The molecule has 1 aromatic heterocycles. The molecule has 0 bridgehead atoms. The van der Waals surface area contributed by atoms with Gasteiger partial charge < -0.3 is 15.6 Å². The molecule has 4 nitrogen and oxygen atoms in total. The van der Waals surface area contributed by atoms with Gasteiger partial charge in [0.25, 0.3) is 5.91 Å². The van der Waals surface area contributed by atoms with E-state index in [1.165, 1.54) is 5.56 Å². The Morgan fingerprint density at radius 3 is 2.81 bits per heavy atom. The second kappa shape index (κ2) is 5.72. The summed E-state index contributed by atoms with van der Waals surface area (Å²) in [5, 5.41) is 0.636. The zero-order chi connectivity index (χ0) is 15.0. The van der Waals surface area contributed by atoms with Crippen molar-refractivity contribution in [2.75, 3.05) is 18.0 Å². The van der Waals surface area contributed by atoms with Crippen LogP contribution in [0.15, 0.2) is 30.3 Å². The first-order valence-electron chi connectivity index (χ1n) is 6.76. The average Bonchev–Trinajstić information content (AvgIpc) is 3.01. The fourth-order valence-electron chi connectivity index (χ4n) is 2.80. The summed E-state index contributed by atoms with van der Waals surface area (Å²) >= 11 is 11.8. The molecule has 6 heteroatoms. The minimum absolute atomic E-state index is 0.129. The Bertz CT molecular complexity index is 664. The number of rotatable bonds is 3. The lowest BCUT2D eigenvalue weighted by molar-refractivity contribution is 0.0984. The molecule has 1 atom stereocenters. The van der Waals surface area contributed by atoms with Crippen LogP contribution in [-0.4, -0.2) is 24.0 Å². The second-order valence-electron chi connectivity index (χ2n) is 5.09. The number of fused-ring (bicyclic) bond motifs is 1. The molecule has 2 heterocycles. The standard InChI is InChI=1S/C15H15Cl2N3O/c16-11-7-12(19-14(11)17)15(21)20-8-9(5-6-18)10-3-1-2-4-13(10)20/h1-4,7,9,19H,5-6,8,18H2. The molecule has 0 spiro atoms. The van der Waals surface area contributed by atoms with Gasteiger partial charge in [-0.15, -0.1) is 0 Å². The third-order valence-electron chi connectivity index (χ3n) is 3.79. The molecular weight excluding hydrogens is 309 g/mol. The van der Waals surface area contributed by atoms with E-state index >= 15 is 0 Å². The van der Waals surface area contributed by atoms with Crippen molar-refractivity contribution in [3.8, 4) is 0 Å². The van der Waals surface area contributed by atoms with Gasteiger partial charge >= 0.3 is 0 Å². The maximum Gasteiger partial charge on any atom is 0.274 e. The number of amides is 1. The highest BCUT2D eigenvalue weighted by atomic mass is 35.5. The molecule has 1 amide bonds. The molecular formula is C15H15Cl2N3O. The number of aromatic nitrogens is 1. The highest BCUT2D eigenvalue weighted by molar-refractivity contribution is 6.41. The normalized spacial score (nSPS) is 17.1. The summed E-state index contributed by atoms with van der Waals surface area (Å²) in [4.78, 5) is 17.2. The number of para-hydroxylation sites is 1. The Labute approximate surface area is 132 Å². The van der Waals surface area contributed by atoms with Crippen molar-refractivity contribution in [1.29, 1.82) is 0 Å². The van der Waals surface area contributed by atoms with Gasteiger partial charge in [-0.25, -0.2) is 0 Å². The minimum atomic E-state index is -0.129. The van der Waals surface area contributed by atoms with Crippen molar-refractivity contribution < 1.29 is 4.79 Å². The fourth-order valence-corrected chi connectivity index (χ4v) is 3.11. The summed E-state index contributed by atoms with van der Waals surface area (Å²) < 4.78 is 0. The van der Waals surface area contributed by atoms with E-state index in [1.54, 1.807) is 11.0 Å². The molecule has 3 rings (SSSR count). The van der Waals surface area contributed by atoms with Crippen LogP contribution in [0.2, 0.25) is 10.2 Å². The lowest BCUT2D eigenvalue weighted by Crippen LogP contribution is -2.30. The average molecular weight is 324 g/mol. The van der Waals surface area contributed by atoms with E-state index in [0.717, 1.165) is 12.1 Å². The maximum absolute atomic E-state index is 12.7. The third-order valence-corrected chi connectivity index (χ3v) is 4.48. The lowest BCUT2D eigenvalue weighted by Gasteiger charge is -2.17. The maximum atomic E-state index is 12.7. The van der Waals surface area contributed by atoms with Crippen molar-refractivity contribution in [3.05, 3.63) is 51.8 Å². The predicted molar refractivity (Wildman–Crippen MR) is 85.3 cm³/mol. The Balaban J connectivity index is 1.94. The first-order valence-corrected chi connectivity index (χ1v) is 7.52. The van der Waals surface area contributed by atoms with Crippen LogP contribution in [0.1, 0.15) is 28.4 Å². The Kier molecular flexibility index (Phi) is 3.93. The largest absolute Gasteiger partial charge is 0.340 e. The van der Waals surface area contributed by atoms with E-state index < -0.39 is 0 Å². The van der Waals surface area contributed by atoms with Crippen LogP contribution >= 0.6 is 23.2 Å². The topological polar surface area (TPSA) is 62.1 Å². The number of nitrogens with zero attached hydrogens (tertiary/aromatic N) is 1. The van der Waals surface area contributed by atoms with Crippen molar-refractivity contribution in [2.24, 2.45) is 5.73 Å². The number of halogens is 2. The molecule has 1 unspecified atom stereocenters. The first-order chi connectivity index (χ1) is 10.1. The molecule has 0 aliphatic carbocycles. The van der Waals surface area contributed by atoms with Crippen LogP contribution in [0, 0.1) is 0 Å². The van der Waals surface area contributed by atoms with Gasteiger partial charge in [0, 0.05) is 18.2 Å². The number of anilines is 1. The predicted octanol–water partition coefficient (Wildman–Crippen LogP) is 3.41. The Morgan fingerprint density at radius 1 is 1.38 bits per heavy atom. The summed E-state index contributed by atoms with van der Waals surface area (Å²) in [6.45, 7) is 1.23. The van der Waals surface area contributed by atoms with E-state index in [9.17, 15) is 4.79 Å². The number of benzene rings is 1. The van der Waals surface area contributed by atoms with Gasteiger partial charge in [0.1, 0.15) is 10.8 Å². The van der Waals surface area contributed by atoms with Crippen molar-refractivity contribution in [2.45, 2.75) is 12.3 Å². The van der Waals surface area contributed by atoms with E-state index in [2.05, 4.69) is 11.1 Å². The molecule has 0 saturated carbocycles. The van der Waals surface area contributed by atoms with E-state index in [4.69, 9.17) is 28.9 Å². The minimum Gasteiger partial charge on any atom is -0.340 e. The molecule has 3 N–H and O–H groups in total. The highest BCUT2D eigenvalue weighted by Gasteiger charge is 2.32. The SMILES string of the molecule is NCCC1CN(C(=O)c2cc(Cl)c(Cl)[nH]2)c2ccccc21. The summed E-state index contributed by atoms with van der Waals surface area (Å²) in [6.07, 6.45) is 0.854. The zero-order valence-corrected chi connectivity index (χ0v) is 12.8. The number of carbonyl (C=O) groups excluding carboxylic acids is 1. The molecule has 1 aliphatic rings. The quantitative estimate of drug-likeness (QED) is 0.909. The fraction of sp³-hybridized carbons (Fsp3) is 0.267. The molecule has 2 aromatic rings. The summed E-state index contributed by atoms with van der Waals surface area (Å²) in [5.74, 6) is 0.145. The number of nitrogens with one attached hydrogen (secondary N) is 1. The van der Waals surface area contributed by atoms with Crippen LogP contribution in [0.25, 0.3) is 0 Å². The van der Waals surface area contributed by atoms with Gasteiger partial charge in [-0.3, -0.25) is 4.79 Å². The lowest BCUT2D eigenvalue weighted by atomic mass is 9.98. The van der Waals surface area contributed by atoms with Crippen molar-refractivity contribution in [1.82, 2.24) is 4.98 Å². The van der Waals surface area contributed by atoms with Crippen LogP contribution in [0.5, 0.6) is 0 Å².